The molecule has 0 saturated carbocycles. The topological polar surface area (TPSA) is 104 Å². The van der Waals surface area contributed by atoms with E-state index in [0.717, 1.165) is 15.3 Å². The highest BCUT2D eigenvalue weighted by atomic mass is 32.2. The average molecular weight is 447 g/mol. The molecule has 1 aromatic carbocycles. The summed E-state index contributed by atoms with van der Waals surface area (Å²) >= 11 is 0. The normalized spacial score (nSPS) is 19.6. The van der Waals surface area contributed by atoms with E-state index in [-0.39, 0.29) is 24.5 Å². The highest BCUT2D eigenvalue weighted by Crippen LogP contribution is 2.32. The van der Waals surface area contributed by atoms with Crippen LogP contribution >= 0.6 is 0 Å². The first-order chi connectivity index (χ1) is 14.8. The minimum absolute atomic E-state index is 0.0101. The molecule has 1 aliphatic rings. The monoisotopic (exact) mass is 446 g/mol. The first-order valence-electron chi connectivity index (χ1n) is 9.94. The molecule has 3 heterocycles. The molecule has 0 unspecified atom stereocenters. The van der Waals surface area contributed by atoms with Crippen molar-refractivity contribution in [1.29, 1.82) is 0 Å². The summed E-state index contributed by atoms with van der Waals surface area (Å²) in [4.78, 5) is 19.4. The number of aromatic nitrogens is 2. The highest BCUT2D eigenvalue weighted by molar-refractivity contribution is 7.89. The van der Waals surface area contributed by atoms with Gasteiger partial charge in [0.1, 0.15) is 17.8 Å². The Morgan fingerprint density at radius 1 is 1.35 bits per heavy atom. The molecule has 0 spiro atoms. The summed E-state index contributed by atoms with van der Waals surface area (Å²) in [5, 5.41) is 3.36. The predicted octanol–water partition coefficient (Wildman–Crippen LogP) is 2.29. The summed E-state index contributed by atoms with van der Waals surface area (Å²) in [5.41, 5.74) is 2.21. The second kappa shape index (κ2) is 8.27. The molecule has 4 rings (SSSR count). The van der Waals surface area contributed by atoms with Crippen LogP contribution in [-0.4, -0.2) is 60.1 Å². The molecule has 0 aliphatic carbocycles. The number of halogens is 1. The van der Waals surface area contributed by atoms with Crippen molar-refractivity contribution in [2.24, 2.45) is 0 Å². The Balaban J connectivity index is 1.57. The maximum absolute atomic E-state index is 14.9. The maximum Gasteiger partial charge on any atom is 0.238 e. The Bertz CT molecular complexity index is 1230. The van der Waals surface area contributed by atoms with Crippen molar-refractivity contribution in [3.8, 4) is 16.9 Å². The van der Waals surface area contributed by atoms with Gasteiger partial charge in [-0.1, -0.05) is 6.07 Å². The van der Waals surface area contributed by atoms with Gasteiger partial charge in [0.05, 0.1) is 12.3 Å². The van der Waals surface area contributed by atoms with Gasteiger partial charge in [0.15, 0.2) is 11.6 Å². The molecule has 1 aliphatic heterocycles. The van der Waals surface area contributed by atoms with Gasteiger partial charge in [0.25, 0.3) is 0 Å². The molecule has 0 radical (unpaired) electrons. The van der Waals surface area contributed by atoms with E-state index < -0.39 is 33.9 Å². The molecule has 1 amide bonds. The van der Waals surface area contributed by atoms with Gasteiger partial charge < -0.3 is 15.0 Å². The Morgan fingerprint density at radius 2 is 2.16 bits per heavy atom. The van der Waals surface area contributed by atoms with Gasteiger partial charge >= 0.3 is 0 Å². The summed E-state index contributed by atoms with van der Waals surface area (Å²) in [6.07, 6.45) is 2.93. The third-order valence-corrected chi connectivity index (χ3v) is 7.33. The summed E-state index contributed by atoms with van der Waals surface area (Å²) in [7, 11) is -2.16. The average Bonchev–Trinajstić information content (AvgIpc) is 3.42. The Hall–Kier alpha value is -2.98. The van der Waals surface area contributed by atoms with Crippen molar-refractivity contribution in [1.82, 2.24) is 19.6 Å². The number of nitrogens with one attached hydrogen (secondary N) is 2. The van der Waals surface area contributed by atoms with Crippen LogP contribution in [0.2, 0.25) is 0 Å². The number of nitrogens with zero attached hydrogens (tertiary/aromatic N) is 2. The lowest BCUT2D eigenvalue weighted by Gasteiger charge is -2.21. The van der Waals surface area contributed by atoms with Crippen molar-refractivity contribution >= 4 is 27.0 Å². The minimum atomic E-state index is -3.61. The molecule has 1 fully saturated rings. The van der Waals surface area contributed by atoms with Crippen LogP contribution in [0.5, 0.6) is 5.75 Å². The molecule has 10 heteroatoms. The minimum Gasteiger partial charge on any atom is -0.486 e. The third kappa shape index (κ3) is 4.00. The van der Waals surface area contributed by atoms with Crippen molar-refractivity contribution in [3.05, 3.63) is 48.5 Å². The number of carbonyl (C=O) groups is 1. The van der Waals surface area contributed by atoms with Gasteiger partial charge in [-0.15, -0.1) is 0 Å². The van der Waals surface area contributed by atoms with Crippen LogP contribution in [0.3, 0.4) is 0 Å². The molecule has 8 nitrogen and oxygen atoms in total. The van der Waals surface area contributed by atoms with Gasteiger partial charge in [-0.3, -0.25) is 4.79 Å². The highest BCUT2D eigenvalue weighted by Gasteiger charge is 2.43. The number of hydrogen-bond acceptors (Lipinski definition) is 5. The maximum atomic E-state index is 14.9. The van der Waals surface area contributed by atoms with Gasteiger partial charge in [-0.05, 0) is 42.3 Å². The van der Waals surface area contributed by atoms with Gasteiger partial charge in [0, 0.05) is 31.2 Å². The van der Waals surface area contributed by atoms with Gasteiger partial charge in [-0.2, -0.15) is 4.31 Å². The van der Waals surface area contributed by atoms with E-state index >= 15 is 0 Å². The first kappa shape index (κ1) is 21.3. The van der Waals surface area contributed by atoms with Crippen LogP contribution in [0, 0.1) is 5.82 Å². The zero-order valence-corrected chi connectivity index (χ0v) is 17.9. The number of fused-ring (bicyclic) bond motifs is 1. The SMILES string of the molecule is CCS(=O)(=O)N1C[C@H](Oc2ccc(-c3ccnc4[nH]ccc34)cc2F)C[C@H]1C(=O)NC. The Morgan fingerprint density at radius 3 is 2.87 bits per heavy atom. The molecule has 2 N–H and O–H groups in total. The smallest absolute Gasteiger partial charge is 0.238 e. The van der Waals surface area contributed by atoms with Crippen molar-refractivity contribution < 1.29 is 22.3 Å². The molecule has 3 aromatic rings. The second-order valence-corrected chi connectivity index (χ2v) is 9.53. The van der Waals surface area contributed by atoms with Crippen LogP contribution in [0.4, 0.5) is 4.39 Å². The van der Waals surface area contributed by atoms with Crippen LogP contribution in [0.15, 0.2) is 42.7 Å². The van der Waals surface area contributed by atoms with Crippen LogP contribution in [0.1, 0.15) is 13.3 Å². The second-order valence-electron chi connectivity index (χ2n) is 7.32. The fourth-order valence-electron chi connectivity index (χ4n) is 3.89. The molecule has 164 valence electrons. The summed E-state index contributed by atoms with van der Waals surface area (Å²) in [6, 6.07) is 7.45. The third-order valence-electron chi connectivity index (χ3n) is 5.49. The molecule has 1 saturated heterocycles. The summed E-state index contributed by atoms with van der Waals surface area (Å²) < 4.78 is 46.6. The van der Waals surface area contributed by atoms with E-state index in [1.54, 1.807) is 18.5 Å². The molecule has 31 heavy (non-hydrogen) atoms. The summed E-state index contributed by atoms with van der Waals surface area (Å²) in [5.74, 6) is -1.09. The van der Waals surface area contributed by atoms with Gasteiger partial charge in [-0.25, -0.2) is 17.8 Å². The molecular formula is C21H23FN4O4S. The predicted molar refractivity (Wildman–Crippen MR) is 115 cm³/mol. The van der Waals surface area contributed by atoms with Crippen molar-refractivity contribution in [2.75, 3.05) is 19.3 Å². The fourth-order valence-corrected chi connectivity index (χ4v) is 5.18. The number of aromatic amines is 1. The summed E-state index contributed by atoms with van der Waals surface area (Å²) in [6.45, 7) is 1.51. The van der Waals surface area contributed by atoms with E-state index in [1.165, 1.54) is 26.1 Å². The number of hydrogen-bond donors (Lipinski definition) is 2. The van der Waals surface area contributed by atoms with Crippen molar-refractivity contribution in [2.45, 2.75) is 25.5 Å². The number of rotatable bonds is 6. The molecule has 2 atom stereocenters. The molecule has 2 aromatic heterocycles. The number of amides is 1. The van der Waals surface area contributed by atoms with E-state index in [1.807, 2.05) is 12.1 Å². The van der Waals surface area contributed by atoms with E-state index in [9.17, 15) is 17.6 Å². The van der Waals surface area contributed by atoms with Crippen LogP contribution < -0.4 is 10.1 Å². The lowest BCUT2D eigenvalue weighted by atomic mass is 10.0. The zero-order valence-electron chi connectivity index (χ0n) is 17.1. The van der Waals surface area contributed by atoms with E-state index in [2.05, 4.69) is 15.3 Å². The van der Waals surface area contributed by atoms with E-state index in [0.29, 0.717) is 11.2 Å². The number of likely N-dealkylation sites (N-methyl/N-ethyl adjacent to an activating group) is 1. The number of carbonyl (C=O) groups excluding carboxylic acids is 1. The first-order valence-corrected chi connectivity index (χ1v) is 11.5. The number of benzene rings is 1. The van der Waals surface area contributed by atoms with Crippen molar-refractivity contribution in [3.63, 3.8) is 0 Å². The Kier molecular flexibility index (Phi) is 5.67. The lowest BCUT2D eigenvalue weighted by Crippen LogP contribution is -2.45. The number of pyridine rings is 1. The fraction of sp³-hybridized carbons (Fsp3) is 0.333. The number of sulfonamides is 1. The van der Waals surface area contributed by atoms with E-state index in [4.69, 9.17) is 4.74 Å². The molecule has 0 bridgehead atoms. The molecular weight excluding hydrogens is 423 g/mol. The van der Waals surface area contributed by atoms with Gasteiger partial charge in [0.2, 0.25) is 15.9 Å². The Labute approximate surface area is 179 Å². The quantitative estimate of drug-likeness (QED) is 0.605. The number of ether oxygens (including phenoxy) is 1. The number of H-pyrrole nitrogens is 1. The lowest BCUT2D eigenvalue weighted by molar-refractivity contribution is -0.123. The standard InChI is InChI=1S/C21H23FN4O4S/c1-3-31(28,29)26-12-14(11-18(26)21(27)23-2)30-19-5-4-13(10-17(19)22)15-6-8-24-20-16(15)7-9-25-20/h4-10,14,18H,3,11-12H2,1-2H3,(H,23,27)(H,24,25)/t14-,18+/m1/s1. The zero-order chi connectivity index (χ0) is 22.2. The van der Waals surface area contributed by atoms with Crippen LogP contribution in [-0.2, 0) is 14.8 Å². The van der Waals surface area contributed by atoms with Crippen LogP contribution in [0.25, 0.3) is 22.2 Å². The largest absolute Gasteiger partial charge is 0.486 e.